The van der Waals surface area contributed by atoms with E-state index in [-0.39, 0.29) is 11.8 Å². The van der Waals surface area contributed by atoms with E-state index in [2.05, 4.69) is 0 Å². The van der Waals surface area contributed by atoms with Gasteiger partial charge in [-0.1, -0.05) is 54.4 Å². The highest BCUT2D eigenvalue weighted by atomic mass is 35.5. The van der Waals surface area contributed by atoms with Gasteiger partial charge in [0.05, 0.1) is 12.2 Å². The summed E-state index contributed by atoms with van der Waals surface area (Å²) in [6.07, 6.45) is 0.390. The second kappa shape index (κ2) is 6.88. The van der Waals surface area contributed by atoms with Crippen molar-refractivity contribution in [2.75, 3.05) is 17.2 Å². The van der Waals surface area contributed by atoms with Crippen LogP contribution in [0.25, 0.3) is 0 Å². The Morgan fingerprint density at radius 1 is 1.26 bits per heavy atom. The third-order valence-corrected chi connectivity index (χ3v) is 7.03. The number of rotatable bonds is 3. The zero-order valence-corrected chi connectivity index (χ0v) is 16.9. The van der Waals surface area contributed by atoms with Gasteiger partial charge in [0.1, 0.15) is 0 Å². The molecule has 1 unspecified atom stereocenters. The van der Waals surface area contributed by atoms with Crippen molar-refractivity contribution in [3.05, 3.63) is 64.2 Å². The molecule has 1 atom stereocenters. The lowest BCUT2D eigenvalue weighted by atomic mass is 10.0. The standard InChI is InChI=1S/C21H21ClN2O2S/c1-3-19(25)24-10-11-27-21(24)16-12-14(2)8-9-18(16)23(20(21)26)13-15-6-4-5-7-17(15)22/h4-9,12H,3,10-11,13H2,1-2H3. The van der Waals surface area contributed by atoms with E-state index in [1.54, 1.807) is 21.6 Å². The van der Waals surface area contributed by atoms with E-state index < -0.39 is 4.87 Å². The van der Waals surface area contributed by atoms with Crippen LogP contribution in [0.2, 0.25) is 5.02 Å². The molecule has 140 valence electrons. The smallest absolute Gasteiger partial charge is 0.268 e. The minimum absolute atomic E-state index is 0.0143. The molecule has 0 bridgehead atoms. The summed E-state index contributed by atoms with van der Waals surface area (Å²) in [6.45, 7) is 4.85. The third kappa shape index (κ3) is 2.75. The normalized spacial score (nSPS) is 21.2. The molecule has 2 amide bonds. The van der Waals surface area contributed by atoms with Gasteiger partial charge in [0.15, 0.2) is 4.87 Å². The molecule has 1 saturated heterocycles. The van der Waals surface area contributed by atoms with Gasteiger partial charge >= 0.3 is 0 Å². The van der Waals surface area contributed by atoms with Crippen molar-refractivity contribution in [1.82, 2.24) is 4.90 Å². The highest BCUT2D eigenvalue weighted by molar-refractivity contribution is 8.01. The summed E-state index contributed by atoms with van der Waals surface area (Å²) in [7, 11) is 0. The van der Waals surface area contributed by atoms with Crippen molar-refractivity contribution in [1.29, 1.82) is 0 Å². The fraction of sp³-hybridized carbons (Fsp3) is 0.333. The van der Waals surface area contributed by atoms with E-state index >= 15 is 0 Å². The summed E-state index contributed by atoms with van der Waals surface area (Å²) in [4.78, 5) is 29.0. The summed E-state index contributed by atoms with van der Waals surface area (Å²) in [6, 6.07) is 13.6. The van der Waals surface area contributed by atoms with E-state index in [0.717, 1.165) is 28.1 Å². The Morgan fingerprint density at radius 3 is 2.78 bits per heavy atom. The summed E-state index contributed by atoms with van der Waals surface area (Å²) in [5.41, 5.74) is 3.77. The van der Waals surface area contributed by atoms with E-state index in [4.69, 9.17) is 11.6 Å². The molecule has 0 saturated carbocycles. The molecule has 2 aromatic rings. The summed E-state index contributed by atoms with van der Waals surface area (Å²) >= 11 is 7.91. The van der Waals surface area contributed by atoms with E-state index in [9.17, 15) is 9.59 Å². The van der Waals surface area contributed by atoms with Crippen LogP contribution in [0.5, 0.6) is 0 Å². The molecule has 2 aliphatic heterocycles. The van der Waals surface area contributed by atoms with Gasteiger partial charge in [0.2, 0.25) is 5.91 Å². The average molecular weight is 401 g/mol. The van der Waals surface area contributed by atoms with E-state index in [1.165, 1.54) is 0 Å². The number of nitrogens with zero attached hydrogens (tertiary/aromatic N) is 2. The van der Waals surface area contributed by atoms with Gasteiger partial charge in [-0.15, -0.1) is 11.8 Å². The third-order valence-electron chi connectivity index (χ3n) is 5.24. The topological polar surface area (TPSA) is 40.6 Å². The molecule has 0 aromatic heterocycles. The number of hydrogen-bond acceptors (Lipinski definition) is 3. The van der Waals surface area contributed by atoms with Gasteiger partial charge in [0.25, 0.3) is 5.91 Å². The molecule has 6 heteroatoms. The molecule has 1 fully saturated rings. The molecule has 2 heterocycles. The van der Waals surface area contributed by atoms with Crippen LogP contribution in [-0.4, -0.2) is 29.0 Å². The number of thioether (sulfide) groups is 1. The van der Waals surface area contributed by atoms with Gasteiger partial charge in [-0.3, -0.25) is 9.59 Å². The Balaban J connectivity index is 1.84. The van der Waals surface area contributed by atoms with Crippen molar-refractivity contribution in [3.8, 4) is 0 Å². The molecule has 2 aromatic carbocycles. The number of carbonyl (C=O) groups excluding carboxylic acids is 2. The molecule has 0 radical (unpaired) electrons. The van der Waals surface area contributed by atoms with Crippen molar-refractivity contribution < 1.29 is 9.59 Å². The molecule has 1 spiro atoms. The van der Waals surface area contributed by atoms with E-state index in [0.29, 0.717) is 24.5 Å². The van der Waals surface area contributed by atoms with Crippen LogP contribution in [-0.2, 0) is 21.0 Å². The zero-order chi connectivity index (χ0) is 19.2. The number of hydrogen-bond donors (Lipinski definition) is 0. The van der Waals surface area contributed by atoms with Crippen LogP contribution in [0.3, 0.4) is 0 Å². The van der Waals surface area contributed by atoms with Gasteiger partial charge in [-0.2, -0.15) is 0 Å². The van der Waals surface area contributed by atoms with Crippen LogP contribution >= 0.6 is 23.4 Å². The lowest BCUT2D eigenvalue weighted by molar-refractivity contribution is -0.139. The zero-order valence-electron chi connectivity index (χ0n) is 15.4. The van der Waals surface area contributed by atoms with Gasteiger partial charge < -0.3 is 9.80 Å². The highest BCUT2D eigenvalue weighted by Gasteiger charge is 2.59. The summed E-state index contributed by atoms with van der Waals surface area (Å²) in [5, 5.41) is 0.639. The Bertz CT molecular complexity index is 932. The largest absolute Gasteiger partial charge is 0.315 e. The molecular formula is C21H21ClN2O2S. The number of aryl methyl sites for hydroxylation is 1. The second-order valence-electron chi connectivity index (χ2n) is 6.89. The minimum Gasteiger partial charge on any atom is -0.315 e. The monoisotopic (exact) mass is 400 g/mol. The predicted octanol–water partition coefficient (Wildman–Crippen LogP) is 4.33. The van der Waals surface area contributed by atoms with E-state index in [1.807, 2.05) is 56.3 Å². The van der Waals surface area contributed by atoms with Crippen molar-refractivity contribution in [2.24, 2.45) is 0 Å². The number of benzene rings is 2. The van der Waals surface area contributed by atoms with Crippen molar-refractivity contribution >= 4 is 40.9 Å². The summed E-state index contributed by atoms with van der Waals surface area (Å²) < 4.78 is 0. The Hall–Kier alpha value is -1.98. The fourth-order valence-corrected chi connectivity index (χ4v) is 5.60. The quantitative estimate of drug-likeness (QED) is 0.769. The Labute approximate surface area is 168 Å². The average Bonchev–Trinajstić information content (AvgIpc) is 3.20. The molecular weight excluding hydrogens is 380 g/mol. The van der Waals surface area contributed by atoms with Gasteiger partial charge in [-0.05, 0) is 24.6 Å². The first kappa shape index (κ1) is 18.4. The maximum Gasteiger partial charge on any atom is 0.268 e. The number of carbonyl (C=O) groups is 2. The Kier molecular flexibility index (Phi) is 4.68. The number of fused-ring (bicyclic) bond motifs is 2. The first-order valence-corrected chi connectivity index (χ1v) is 10.5. The predicted molar refractivity (Wildman–Crippen MR) is 110 cm³/mol. The van der Waals surface area contributed by atoms with Crippen molar-refractivity contribution in [2.45, 2.75) is 31.7 Å². The Morgan fingerprint density at radius 2 is 2.04 bits per heavy atom. The highest BCUT2D eigenvalue weighted by Crippen LogP contribution is 2.54. The van der Waals surface area contributed by atoms with Crippen molar-refractivity contribution in [3.63, 3.8) is 0 Å². The molecule has 27 heavy (non-hydrogen) atoms. The van der Waals surface area contributed by atoms with Crippen LogP contribution < -0.4 is 4.90 Å². The van der Waals surface area contributed by atoms with Crippen LogP contribution in [0.4, 0.5) is 5.69 Å². The number of halogens is 1. The van der Waals surface area contributed by atoms with Crippen LogP contribution in [0.1, 0.15) is 30.0 Å². The molecule has 4 rings (SSSR count). The first-order chi connectivity index (χ1) is 13.0. The lowest BCUT2D eigenvalue weighted by Crippen LogP contribution is -2.50. The molecule has 4 nitrogen and oxygen atoms in total. The maximum atomic E-state index is 13.7. The van der Waals surface area contributed by atoms with Gasteiger partial charge in [-0.25, -0.2) is 0 Å². The van der Waals surface area contributed by atoms with Gasteiger partial charge in [0, 0.05) is 29.3 Å². The van der Waals surface area contributed by atoms with Crippen LogP contribution in [0, 0.1) is 6.92 Å². The minimum atomic E-state index is -0.949. The van der Waals surface area contributed by atoms with Crippen LogP contribution in [0.15, 0.2) is 42.5 Å². The molecule has 0 aliphatic carbocycles. The number of anilines is 1. The summed E-state index contributed by atoms with van der Waals surface area (Å²) in [5.74, 6) is 0.720. The maximum absolute atomic E-state index is 13.7. The molecule has 0 N–H and O–H groups in total. The second-order valence-corrected chi connectivity index (χ2v) is 8.59. The number of amides is 2. The first-order valence-electron chi connectivity index (χ1n) is 9.10. The SMILES string of the molecule is CCC(=O)N1CCSC12C(=O)N(Cc1ccccc1Cl)c1ccc(C)cc12. The fourth-order valence-electron chi connectivity index (χ4n) is 3.93. The lowest BCUT2D eigenvalue weighted by Gasteiger charge is -2.33. The molecule has 2 aliphatic rings.